The zero-order valence-corrected chi connectivity index (χ0v) is 16.3. The molecule has 0 bridgehead atoms. The highest BCUT2D eigenvalue weighted by molar-refractivity contribution is 7.09. The smallest absolute Gasteiger partial charge is 0.322 e. The molecule has 142 valence electrons. The van der Waals surface area contributed by atoms with E-state index in [0.717, 1.165) is 44.1 Å². The van der Waals surface area contributed by atoms with E-state index in [4.69, 9.17) is 4.99 Å². The number of aromatic nitrogens is 1. The molecule has 3 amide bonds. The quantitative estimate of drug-likeness (QED) is 0.416. The monoisotopic (exact) mass is 378 g/mol. The van der Waals surface area contributed by atoms with Gasteiger partial charge in [-0.3, -0.25) is 10.1 Å². The van der Waals surface area contributed by atoms with E-state index in [2.05, 4.69) is 32.8 Å². The fourth-order valence-corrected chi connectivity index (χ4v) is 4.26. The molecule has 8 nitrogen and oxygen atoms in total. The second-order valence-electron chi connectivity index (χ2n) is 6.90. The first-order valence-corrected chi connectivity index (χ1v) is 9.87. The molecule has 26 heavy (non-hydrogen) atoms. The first-order valence-electron chi connectivity index (χ1n) is 9.00. The summed E-state index contributed by atoms with van der Waals surface area (Å²) in [4.78, 5) is 36.1. The molecule has 0 aromatic carbocycles. The van der Waals surface area contributed by atoms with Crippen LogP contribution in [0.4, 0.5) is 4.79 Å². The van der Waals surface area contributed by atoms with Crippen molar-refractivity contribution in [1.29, 1.82) is 0 Å². The van der Waals surface area contributed by atoms with E-state index in [0.29, 0.717) is 6.54 Å². The molecule has 1 unspecified atom stereocenters. The average molecular weight is 379 g/mol. The molecule has 0 radical (unpaired) electrons. The van der Waals surface area contributed by atoms with Gasteiger partial charge in [0.1, 0.15) is 5.54 Å². The second kappa shape index (κ2) is 7.61. The van der Waals surface area contributed by atoms with Crippen LogP contribution in [0, 0.1) is 12.8 Å². The number of rotatable bonds is 4. The summed E-state index contributed by atoms with van der Waals surface area (Å²) in [5, 5.41) is 8.51. The van der Waals surface area contributed by atoms with Crippen molar-refractivity contribution in [2.24, 2.45) is 10.9 Å². The molecule has 3 N–H and O–H groups in total. The first kappa shape index (κ1) is 18.6. The number of nitrogens with one attached hydrogen (secondary N) is 3. The number of hydrogen-bond donors (Lipinski definition) is 3. The Morgan fingerprint density at radius 1 is 1.46 bits per heavy atom. The topological polar surface area (TPSA) is 98.7 Å². The number of carbonyl (C=O) groups excluding carboxylic acids is 2. The van der Waals surface area contributed by atoms with Crippen molar-refractivity contribution in [2.75, 3.05) is 19.6 Å². The third kappa shape index (κ3) is 3.67. The summed E-state index contributed by atoms with van der Waals surface area (Å²) in [5.41, 5.74) is 2.07. The van der Waals surface area contributed by atoms with E-state index >= 15 is 0 Å². The van der Waals surface area contributed by atoms with Gasteiger partial charge in [0.15, 0.2) is 5.96 Å². The van der Waals surface area contributed by atoms with E-state index in [1.54, 1.807) is 11.3 Å². The van der Waals surface area contributed by atoms with Gasteiger partial charge >= 0.3 is 6.03 Å². The summed E-state index contributed by atoms with van der Waals surface area (Å²) in [6, 6.07) is -0.394. The summed E-state index contributed by atoms with van der Waals surface area (Å²) in [5.74, 6) is 0.794. The van der Waals surface area contributed by atoms with E-state index in [1.165, 1.54) is 4.88 Å². The Bertz CT molecular complexity index is 710. The summed E-state index contributed by atoms with van der Waals surface area (Å²) in [7, 11) is 0. The lowest BCUT2D eigenvalue weighted by Gasteiger charge is -2.39. The fraction of sp³-hybridized carbons (Fsp3) is 0.647. The maximum atomic E-state index is 12.1. The van der Waals surface area contributed by atoms with Gasteiger partial charge in [-0.15, -0.1) is 11.3 Å². The van der Waals surface area contributed by atoms with E-state index in [9.17, 15) is 9.59 Å². The molecule has 3 heterocycles. The predicted octanol–water partition coefficient (Wildman–Crippen LogP) is 1.23. The molecule has 2 aliphatic rings. The lowest BCUT2D eigenvalue weighted by molar-refractivity contribution is -0.125. The van der Waals surface area contributed by atoms with Crippen LogP contribution in [0.1, 0.15) is 37.3 Å². The molecule has 2 fully saturated rings. The van der Waals surface area contributed by atoms with Crippen LogP contribution in [0.5, 0.6) is 0 Å². The molecule has 0 aliphatic carbocycles. The molecule has 0 spiro atoms. The minimum Gasteiger partial charge on any atom is -0.357 e. The molecule has 2 aliphatic heterocycles. The average Bonchev–Trinajstić information content (AvgIpc) is 3.14. The number of hydrogen-bond acceptors (Lipinski definition) is 5. The SMILES string of the molecule is CCNC(=NCc1scnc1C)N1CCC(C2(C)NC(=O)NC2=O)CC1. The van der Waals surface area contributed by atoms with Crippen molar-refractivity contribution in [3.63, 3.8) is 0 Å². The summed E-state index contributed by atoms with van der Waals surface area (Å²) in [6.07, 6.45) is 1.66. The molecule has 1 aromatic heterocycles. The van der Waals surface area contributed by atoms with E-state index in [-0.39, 0.29) is 11.8 Å². The Hall–Kier alpha value is -2.16. The number of aryl methyl sites for hydroxylation is 1. The van der Waals surface area contributed by atoms with Crippen LogP contribution in [0.25, 0.3) is 0 Å². The predicted molar refractivity (Wildman–Crippen MR) is 101 cm³/mol. The molecule has 2 saturated heterocycles. The molecule has 9 heteroatoms. The summed E-state index contributed by atoms with van der Waals surface area (Å²) in [6.45, 7) is 8.90. The summed E-state index contributed by atoms with van der Waals surface area (Å²) < 4.78 is 0. The zero-order chi connectivity index (χ0) is 18.7. The Morgan fingerprint density at radius 3 is 2.73 bits per heavy atom. The van der Waals surface area contributed by atoms with Crippen LogP contribution < -0.4 is 16.0 Å². The van der Waals surface area contributed by atoms with Crippen molar-refractivity contribution >= 4 is 29.2 Å². The minimum atomic E-state index is -0.807. The highest BCUT2D eigenvalue weighted by Gasteiger charge is 2.48. The summed E-state index contributed by atoms with van der Waals surface area (Å²) >= 11 is 1.62. The minimum absolute atomic E-state index is 0.122. The molecule has 1 atom stereocenters. The number of thiazole rings is 1. The Balaban J connectivity index is 1.64. The zero-order valence-electron chi connectivity index (χ0n) is 15.5. The normalized spacial score (nSPS) is 24.6. The van der Waals surface area contributed by atoms with Crippen LogP contribution in [0.2, 0.25) is 0 Å². The fourth-order valence-electron chi connectivity index (χ4n) is 3.56. The maximum Gasteiger partial charge on any atom is 0.322 e. The van der Waals surface area contributed by atoms with Crippen LogP contribution in [0.3, 0.4) is 0 Å². The van der Waals surface area contributed by atoms with Gasteiger partial charge in [-0.1, -0.05) is 0 Å². The van der Waals surface area contributed by atoms with Crippen molar-refractivity contribution in [3.05, 3.63) is 16.1 Å². The van der Waals surface area contributed by atoms with Gasteiger partial charge in [-0.25, -0.2) is 14.8 Å². The number of urea groups is 1. The number of piperidine rings is 1. The molecular formula is C17H26N6O2S. The highest BCUT2D eigenvalue weighted by Crippen LogP contribution is 2.30. The van der Waals surface area contributed by atoms with Crippen LogP contribution >= 0.6 is 11.3 Å². The van der Waals surface area contributed by atoms with Gasteiger partial charge in [0.05, 0.1) is 17.7 Å². The Labute approximate surface area is 157 Å². The van der Waals surface area contributed by atoms with Gasteiger partial charge in [0.25, 0.3) is 5.91 Å². The van der Waals surface area contributed by atoms with Crippen molar-refractivity contribution < 1.29 is 9.59 Å². The van der Waals surface area contributed by atoms with Gasteiger partial charge < -0.3 is 15.5 Å². The van der Waals surface area contributed by atoms with E-state index < -0.39 is 11.6 Å². The lowest BCUT2D eigenvalue weighted by atomic mass is 9.79. The number of likely N-dealkylation sites (tertiary alicyclic amines) is 1. The first-order chi connectivity index (χ1) is 12.4. The second-order valence-corrected chi connectivity index (χ2v) is 7.84. The largest absolute Gasteiger partial charge is 0.357 e. The third-order valence-electron chi connectivity index (χ3n) is 5.24. The van der Waals surface area contributed by atoms with E-state index in [1.807, 2.05) is 19.4 Å². The van der Waals surface area contributed by atoms with Crippen LogP contribution in [0.15, 0.2) is 10.5 Å². The molecule has 3 rings (SSSR count). The molecule has 1 aromatic rings. The van der Waals surface area contributed by atoms with Crippen LogP contribution in [-0.2, 0) is 11.3 Å². The number of guanidine groups is 1. The number of aliphatic imine (C=N–C) groups is 1. The maximum absolute atomic E-state index is 12.1. The van der Waals surface area contributed by atoms with Crippen LogP contribution in [-0.4, -0.2) is 53.0 Å². The number of amides is 3. The van der Waals surface area contributed by atoms with Gasteiger partial charge in [0.2, 0.25) is 0 Å². The van der Waals surface area contributed by atoms with Gasteiger partial charge in [-0.2, -0.15) is 0 Å². The van der Waals surface area contributed by atoms with Gasteiger partial charge in [-0.05, 0) is 39.5 Å². The van der Waals surface area contributed by atoms with Gasteiger partial charge in [0, 0.05) is 24.5 Å². The van der Waals surface area contributed by atoms with Crippen molar-refractivity contribution in [2.45, 2.75) is 45.7 Å². The Morgan fingerprint density at radius 2 is 2.19 bits per heavy atom. The molecular weight excluding hydrogens is 352 g/mol. The van der Waals surface area contributed by atoms with Crippen molar-refractivity contribution in [1.82, 2.24) is 25.8 Å². The molecule has 0 saturated carbocycles. The van der Waals surface area contributed by atoms with Crippen molar-refractivity contribution in [3.8, 4) is 0 Å². The lowest BCUT2D eigenvalue weighted by Crippen LogP contribution is -2.55. The highest BCUT2D eigenvalue weighted by atomic mass is 32.1. The number of carbonyl (C=O) groups is 2. The third-order valence-corrected chi connectivity index (χ3v) is 6.15. The Kier molecular flexibility index (Phi) is 5.45. The number of imide groups is 1. The standard InChI is InChI=1S/C17H26N6O2S/c1-4-18-15(19-9-13-11(2)20-10-26-13)23-7-5-12(6-8-23)17(3)14(24)21-16(25)22-17/h10,12H,4-9H2,1-3H3,(H,18,19)(H2,21,22,24,25). The number of nitrogens with zero attached hydrogens (tertiary/aromatic N) is 3.